The lowest BCUT2D eigenvalue weighted by molar-refractivity contribution is 0.161. The quantitative estimate of drug-likeness (QED) is 0.563. The Balaban J connectivity index is 0.000000225. The topological polar surface area (TPSA) is 61.7 Å². The van der Waals surface area contributed by atoms with E-state index in [2.05, 4.69) is 30.8 Å². The number of methoxy groups -OCH3 is 1. The zero-order chi connectivity index (χ0) is 22.8. The van der Waals surface area contributed by atoms with Crippen molar-refractivity contribution in [1.29, 1.82) is 0 Å². The van der Waals surface area contributed by atoms with E-state index in [9.17, 15) is 13.9 Å². The number of anilines is 1. The number of ether oxygens (including phenoxy) is 1. The van der Waals surface area contributed by atoms with Crippen LogP contribution < -0.4 is 9.64 Å². The summed E-state index contributed by atoms with van der Waals surface area (Å²) in [6.07, 6.45) is 4.72. The van der Waals surface area contributed by atoms with E-state index < -0.39 is 12.0 Å². The van der Waals surface area contributed by atoms with Gasteiger partial charge < -0.3 is 14.7 Å². The van der Waals surface area contributed by atoms with Crippen molar-refractivity contribution < 1.29 is 18.6 Å². The zero-order valence-corrected chi connectivity index (χ0v) is 20.4. The van der Waals surface area contributed by atoms with Gasteiger partial charge in [-0.1, -0.05) is 11.6 Å². The molecule has 0 aliphatic carbocycles. The van der Waals surface area contributed by atoms with Crippen LogP contribution in [0.4, 0.5) is 14.6 Å². The van der Waals surface area contributed by atoms with E-state index in [4.69, 9.17) is 16.3 Å². The first-order valence-corrected chi connectivity index (χ1v) is 12.2. The highest BCUT2D eigenvalue weighted by Gasteiger charge is 2.34. The van der Waals surface area contributed by atoms with Crippen LogP contribution >= 0.6 is 27.5 Å². The van der Waals surface area contributed by atoms with Crippen LogP contribution in [0.1, 0.15) is 38.5 Å². The third-order valence-electron chi connectivity index (χ3n) is 6.43. The summed E-state index contributed by atoms with van der Waals surface area (Å²) in [5.41, 5.74) is 0.160. The van der Waals surface area contributed by atoms with Crippen molar-refractivity contribution in [3.8, 4) is 6.01 Å². The molecule has 3 aliphatic heterocycles. The van der Waals surface area contributed by atoms with Gasteiger partial charge in [0.05, 0.1) is 22.7 Å². The first kappa shape index (κ1) is 23.9. The monoisotopic (exact) mass is 532 g/mol. The third kappa shape index (κ3) is 5.11. The van der Waals surface area contributed by atoms with E-state index in [1.807, 2.05) is 4.90 Å². The first-order chi connectivity index (χ1) is 15.4. The number of hydrogen-bond donors (Lipinski definition) is 1. The Morgan fingerprint density at radius 2 is 1.97 bits per heavy atom. The Morgan fingerprint density at radius 3 is 2.72 bits per heavy atom. The maximum absolute atomic E-state index is 14.5. The summed E-state index contributed by atoms with van der Waals surface area (Å²) >= 11 is 9.23. The number of aliphatic hydroxyl groups is 1. The second kappa shape index (κ2) is 10.3. The number of nitrogens with zero attached hydrogens (tertiary/aromatic N) is 4. The number of benzene rings is 1. The van der Waals surface area contributed by atoms with Crippen LogP contribution in [0, 0.1) is 5.82 Å². The maximum Gasteiger partial charge on any atom is 0.318 e. The highest BCUT2D eigenvalue weighted by molar-refractivity contribution is 9.10. The molecule has 0 bridgehead atoms. The van der Waals surface area contributed by atoms with Crippen LogP contribution in [0.3, 0.4) is 0 Å². The van der Waals surface area contributed by atoms with E-state index in [0.29, 0.717) is 36.8 Å². The normalized spacial score (nSPS) is 25.9. The first-order valence-electron chi connectivity index (χ1n) is 11.1. The Kier molecular flexibility index (Phi) is 7.69. The number of aliphatic hydroxyl groups excluding tert-OH is 1. The smallest absolute Gasteiger partial charge is 0.318 e. The Morgan fingerprint density at radius 1 is 1.19 bits per heavy atom. The molecule has 0 spiro atoms. The number of rotatable bonds is 2. The van der Waals surface area contributed by atoms with Crippen LogP contribution in [-0.4, -0.2) is 71.6 Å². The second-order valence-corrected chi connectivity index (χ2v) is 9.81. The number of fused-ring (bicyclic) bond motifs is 2. The van der Waals surface area contributed by atoms with E-state index in [0.717, 1.165) is 32.4 Å². The van der Waals surface area contributed by atoms with Gasteiger partial charge in [0, 0.05) is 31.1 Å². The molecule has 3 aliphatic rings. The molecular formula is C22H28BrClF2N4O2. The minimum Gasteiger partial charge on any atom is -0.467 e. The minimum atomic E-state index is -0.538. The molecule has 10 heteroatoms. The fraction of sp³-hybridized carbons (Fsp3) is 0.636. The van der Waals surface area contributed by atoms with E-state index >= 15 is 0 Å². The fourth-order valence-corrected chi connectivity index (χ4v) is 5.28. The molecule has 3 atom stereocenters. The van der Waals surface area contributed by atoms with Crippen molar-refractivity contribution >= 4 is 44.3 Å². The molecule has 0 saturated carbocycles. The second-order valence-electron chi connectivity index (χ2n) is 8.61. The number of alkyl halides is 1. The lowest BCUT2D eigenvalue weighted by atomic mass is 10.1. The highest BCUT2D eigenvalue weighted by atomic mass is 79.9. The fourth-order valence-electron chi connectivity index (χ4n) is 4.79. The van der Waals surface area contributed by atoms with Crippen LogP contribution in [-0.2, 0) is 0 Å². The lowest BCUT2D eigenvalue weighted by Crippen LogP contribution is -2.26. The average Bonchev–Trinajstić information content (AvgIpc) is 3.27. The van der Waals surface area contributed by atoms with Crippen molar-refractivity contribution in [1.82, 2.24) is 14.9 Å². The summed E-state index contributed by atoms with van der Waals surface area (Å²) in [6.45, 7) is 3.21. The predicted octanol–water partition coefficient (Wildman–Crippen LogP) is 4.74. The van der Waals surface area contributed by atoms with Crippen LogP contribution in [0.25, 0.3) is 10.9 Å². The van der Waals surface area contributed by atoms with Gasteiger partial charge in [0.1, 0.15) is 17.5 Å². The molecule has 0 amide bonds. The van der Waals surface area contributed by atoms with Crippen LogP contribution in [0.2, 0.25) is 5.02 Å². The summed E-state index contributed by atoms with van der Waals surface area (Å²) in [5, 5.41) is 10.6. The third-order valence-corrected chi connectivity index (χ3v) is 7.73. The molecule has 3 unspecified atom stereocenters. The standard InChI is InChI=1S/C15H16BrClFN3O2.C7H12FN/c1-23-15-19-13-9(7-10(17)11(16)12(13)18)14(20-15)21-5-2-3-8(22)4-6-21;8-6-4-7-2-1-3-9(7)5-6/h7-8,22H,2-6H2,1H3;6-7H,1-5H2. The molecule has 3 saturated heterocycles. The van der Waals surface area contributed by atoms with Gasteiger partial charge in [0.25, 0.3) is 0 Å². The summed E-state index contributed by atoms with van der Waals surface area (Å²) in [6, 6.07) is 2.37. The molecule has 6 nitrogen and oxygen atoms in total. The molecule has 3 fully saturated rings. The number of hydrogen-bond acceptors (Lipinski definition) is 6. The largest absolute Gasteiger partial charge is 0.467 e. The van der Waals surface area contributed by atoms with E-state index in [1.54, 1.807) is 6.07 Å². The molecule has 1 N–H and O–H groups in total. The molecule has 1 aromatic carbocycles. The Hall–Kier alpha value is -1.29. The van der Waals surface area contributed by atoms with Crippen LogP contribution in [0.5, 0.6) is 6.01 Å². The van der Waals surface area contributed by atoms with Gasteiger partial charge in [-0.05, 0) is 67.1 Å². The van der Waals surface area contributed by atoms with Gasteiger partial charge in [-0.15, -0.1) is 0 Å². The molecule has 2 aromatic rings. The van der Waals surface area contributed by atoms with Gasteiger partial charge in [0.2, 0.25) is 0 Å². The number of aromatic nitrogens is 2. The van der Waals surface area contributed by atoms with Crippen molar-refractivity contribution in [3.05, 3.63) is 21.4 Å². The zero-order valence-electron chi connectivity index (χ0n) is 18.0. The van der Waals surface area contributed by atoms with Crippen molar-refractivity contribution in [2.45, 2.75) is 56.8 Å². The Bertz CT molecular complexity index is 957. The van der Waals surface area contributed by atoms with Gasteiger partial charge in [-0.3, -0.25) is 4.90 Å². The van der Waals surface area contributed by atoms with Crippen molar-refractivity contribution in [3.63, 3.8) is 0 Å². The lowest BCUT2D eigenvalue weighted by Gasteiger charge is -2.23. The van der Waals surface area contributed by atoms with Crippen molar-refractivity contribution in [2.24, 2.45) is 0 Å². The maximum atomic E-state index is 14.5. The SMILES string of the molecule is COc1nc(N2CCCC(O)CC2)c2cc(Cl)c(Br)c(F)c2n1.FC1CC2CCCN2C1. The van der Waals surface area contributed by atoms with Gasteiger partial charge in [-0.25, -0.2) is 8.78 Å². The van der Waals surface area contributed by atoms with Crippen molar-refractivity contribution in [2.75, 3.05) is 38.2 Å². The summed E-state index contributed by atoms with van der Waals surface area (Å²) in [7, 11) is 1.44. The number of halogens is 4. The van der Waals surface area contributed by atoms with E-state index in [-0.39, 0.29) is 27.1 Å². The molecule has 176 valence electrons. The molecule has 0 radical (unpaired) electrons. The minimum absolute atomic E-state index is 0.102. The highest BCUT2D eigenvalue weighted by Crippen LogP contribution is 2.36. The van der Waals surface area contributed by atoms with Gasteiger partial charge >= 0.3 is 6.01 Å². The molecule has 4 heterocycles. The Labute approximate surface area is 200 Å². The van der Waals surface area contributed by atoms with Gasteiger partial charge in [0.15, 0.2) is 5.82 Å². The molecule has 1 aromatic heterocycles. The predicted molar refractivity (Wildman–Crippen MR) is 125 cm³/mol. The summed E-state index contributed by atoms with van der Waals surface area (Å²) in [5.74, 6) is 0.0403. The summed E-state index contributed by atoms with van der Waals surface area (Å²) < 4.78 is 32.4. The van der Waals surface area contributed by atoms with Crippen LogP contribution in [0.15, 0.2) is 10.5 Å². The molecule has 32 heavy (non-hydrogen) atoms. The molecular weight excluding hydrogens is 506 g/mol. The van der Waals surface area contributed by atoms with Gasteiger partial charge in [-0.2, -0.15) is 9.97 Å². The van der Waals surface area contributed by atoms with E-state index in [1.165, 1.54) is 20.0 Å². The molecule has 5 rings (SSSR count). The average molecular weight is 534 g/mol. The summed E-state index contributed by atoms with van der Waals surface area (Å²) in [4.78, 5) is 12.8.